The number of rotatable bonds is 5. The van der Waals surface area contributed by atoms with E-state index in [1.165, 1.54) is 5.56 Å². The minimum Gasteiger partial charge on any atom is -0.396 e. The smallest absolute Gasteiger partial charge is 0.139 e. The standard InChI is InChI=1S/C13H20N4O/c1-17(6-3-7-18)13-10(12(14)15)8-9-4-2-5-11(9)16-13/h8,18H,2-7H2,1H3,(H3,14,15). The molecule has 5 heteroatoms. The predicted octanol–water partition coefficient (Wildman–Crippen LogP) is 0.673. The molecule has 1 aliphatic rings. The molecule has 98 valence electrons. The zero-order valence-electron chi connectivity index (χ0n) is 10.7. The fraction of sp³-hybridized carbons (Fsp3) is 0.538. The lowest BCUT2D eigenvalue weighted by atomic mass is 10.1. The van der Waals surface area contributed by atoms with Crippen LogP contribution in [0.4, 0.5) is 5.82 Å². The van der Waals surface area contributed by atoms with Gasteiger partial charge in [-0.25, -0.2) is 4.98 Å². The summed E-state index contributed by atoms with van der Waals surface area (Å²) in [5.41, 5.74) is 8.70. The molecule has 0 aliphatic heterocycles. The van der Waals surface area contributed by atoms with Gasteiger partial charge < -0.3 is 15.7 Å². The van der Waals surface area contributed by atoms with Crippen molar-refractivity contribution in [2.45, 2.75) is 25.7 Å². The number of nitrogen functional groups attached to an aromatic ring is 1. The van der Waals surface area contributed by atoms with Crippen LogP contribution in [-0.2, 0) is 12.8 Å². The molecule has 1 heterocycles. The average Bonchev–Trinajstić information content (AvgIpc) is 2.81. The molecule has 1 aromatic heterocycles. The van der Waals surface area contributed by atoms with Crippen LogP contribution in [-0.4, -0.2) is 36.1 Å². The number of aliphatic hydroxyl groups excluding tert-OH is 1. The molecule has 0 unspecified atom stereocenters. The molecule has 0 radical (unpaired) electrons. The van der Waals surface area contributed by atoms with Gasteiger partial charge in [0.25, 0.3) is 0 Å². The highest BCUT2D eigenvalue weighted by Gasteiger charge is 2.19. The summed E-state index contributed by atoms with van der Waals surface area (Å²) in [6.07, 6.45) is 3.85. The molecule has 0 saturated heterocycles. The summed E-state index contributed by atoms with van der Waals surface area (Å²) < 4.78 is 0. The van der Waals surface area contributed by atoms with Gasteiger partial charge in [0.05, 0.1) is 5.56 Å². The summed E-state index contributed by atoms with van der Waals surface area (Å²) in [5, 5.41) is 16.6. The fourth-order valence-corrected chi connectivity index (χ4v) is 2.36. The summed E-state index contributed by atoms with van der Waals surface area (Å²) in [6, 6.07) is 2.00. The largest absolute Gasteiger partial charge is 0.396 e. The lowest BCUT2D eigenvalue weighted by Crippen LogP contribution is -2.25. The van der Waals surface area contributed by atoms with Crippen LogP contribution in [0.3, 0.4) is 0 Å². The zero-order valence-corrected chi connectivity index (χ0v) is 10.7. The number of nitrogens with two attached hydrogens (primary N) is 1. The van der Waals surface area contributed by atoms with Crippen molar-refractivity contribution in [3.63, 3.8) is 0 Å². The third-order valence-electron chi connectivity index (χ3n) is 3.33. The van der Waals surface area contributed by atoms with Crippen LogP contribution in [0.2, 0.25) is 0 Å². The van der Waals surface area contributed by atoms with Crippen molar-refractivity contribution in [1.82, 2.24) is 4.98 Å². The minimum atomic E-state index is 0.0584. The summed E-state index contributed by atoms with van der Waals surface area (Å²) in [7, 11) is 1.92. The molecule has 4 N–H and O–H groups in total. The zero-order chi connectivity index (χ0) is 13.1. The lowest BCUT2D eigenvalue weighted by Gasteiger charge is -2.21. The van der Waals surface area contributed by atoms with Crippen LogP contribution in [0.25, 0.3) is 0 Å². The normalized spacial score (nSPS) is 13.4. The Morgan fingerprint density at radius 2 is 2.33 bits per heavy atom. The van der Waals surface area contributed by atoms with Gasteiger partial charge in [-0.2, -0.15) is 0 Å². The summed E-state index contributed by atoms with van der Waals surface area (Å²) >= 11 is 0. The third-order valence-corrected chi connectivity index (χ3v) is 3.33. The molecule has 18 heavy (non-hydrogen) atoms. The summed E-state index contributed by atoms with van der Waals surface area (Å²) in [4.78, 5) is 6.61. The highest BCUT2D eigenvalue weighted by molar-refractivity contribution is 5.99. The Morgan fingerprint density at radius 1 is 1.56 bits per heavy atom. The molecule has 0 aromatic carbocycles. The van der Waals surface area contributed by atoms with Crippen LogP contribution in [0, 0.1) is 5.41 Å². The van der Waals surface area contributed by atoms with Crippen molar-refractivity contribution < 1.29 is 5.11 Å². The van der Waals surface area contributed by atoms with Crippen molar-refractivity contribution in [2.75, 3.05) is 25.1 Å². The quantitative estimate of drug-likeness (QED) is 0.528. The van der Waals surface area contributed by atoms with E-state index in [0.717, 1.165) is 30.8 Å². The molecule has 0 amide bonds. The average molecular weight is 248 g/mol. The number of nitrogens with one attached hydrogen (secondary N) is 1. The van der Waals surface area contributed by atoms with Gasteiger partial charge in [-0.1, -0.05) is 0 Å². The Bertz CT molecular complexity index is 459. The molecule has 5 nitrogen and oxygen atoms in total. The molecule has 1 aromatic rings. The van der Waals surface area contributed by atoms with E-state index in [-0.39, 0.29) is 12.4 Å². The molecule has 0 saturated carbocycles. The number of fused-ring (bicyclic) bond motifs is 1. The van der Waals surface area contributed by atoms with Crippen LogP contribution in [0.5, 0.6) is 0 Å². The number of anilines is 1. The van der Waals surface area contributed by atoms with E-state index in [9.17, 15) is 0 Å². The first-order chi connectivity index (χ1) is 8.63. The van der Waals surface area contributed by atoms with Gasteiger partial charge in [0.2, 0.25) is 0 Å². The number of amidine groups is 1. The van der Waals surface area contributed by atoms with E-state index < -0.39 is 0 Å². The summed E-state index contributed by atoms with van der Waals surface area (Å²) in [6.45, 7) is 0.868. The number of aliphatic hydroxyl groups is 1. The third kappa shape index (κ3) is 2.46. The highest BCUT2D eigenvalue weighted by Crippen LogP contribution is 2.26. The molecule has 0 bridgehead atoms. The molecule has 0 atom stereocenters. The van der Waals surface area contributed by atoms with Crippen LogP contribution < -0.4 is 10.6 Å². The van der Waals surface area contributed by atoms with E-state index in [2.05, 4.69) is 4.98 Å². The number of nitrogens with zero attached hydrogens (tertiary/aromatic N) is 2. The highest BCUT2D eigenvalue weighted by atomic mass is 16.3. The minimum absolute atomic E-state index is 0.0584. The second-order valence-electron chi connectivity index (χ2n) is 4.73. The monoisotopic (exact) mass is 248 g/mol. The predicted molar refractivity (Wildman–Crippen MR) is 72.3 cm³/mol. The van der Waals surface area contributed by atoms with Crippen molar-refractivity contribution in [3.05, 3.63) is 22.9 Å². The molecule has 0 fully saturated rings. The van der Waals surface area contributed by atoms with E-state index in [0.29, 0.717) is 18.5 Å². The van der Waals surface area contributed by atoms with E-state index in [1.807, 2.05) is 18.0 Å². The van der Waals surface area contributed by atoms with Gasteiger partial charge in [0.15, 0.2) is 0 Å². The Balaban J connectivity index is 2.35. The van der Waals surface area contributed by atoms with Crippen LogP contribution in [0.15, 0.2) is 6.07 Å². The first-order valence-corrected chi connectivity index (χ1v) is 6.32. The Morgan fingerprint density at radius 3 is 3.00 bits per heavy atom. The number of aryl methyl sites for hydroxylation is 2. The summed E-state index contributed by atoms with van der Waals surface area (Å²) in [5.74, 6) is 0.819. The van der Waals surface area contributed by atoms with Gasteiger partial charge in [-0.3, -0.25) is 5.41 Å². The van der Waals surface area contributed by atoms with Crippen molar-refractivity contribution in [3.8, 4) is 0 Å². The van der Waals surface area contributed by atoms with Crippen molar-refractivity contribution in [1.29, 1.82) is 5.41 Å². The van der Waals surface area contributed by atoms with Gasteiger partial charge in [0.1, 0.15) is 11.7 Å². The van der Waals surface area contributed by atoms with Crippen LogP contribution in [0.1, 0.15) is 29.7 Å². The number of hydrogen-bond acceptors (Lipinski definition) is 4. The number of hydrogen-bond donors (Lipinski definition) is 3. The fourth-order valence-electron chi connectivity index (χ4n) is 2.36. The molecular formula is C13H20N4O. The Kier molecular flexibility index (Phi) is 3.81. The molecule has 1 aliphatic carbocycles. The topological polar surface area (TPSA) is 86.2 Å². The first-order valence-electron chi connectivity index (χ1n) is 6.32. The lowest BCUT2D eigenvalue weighted by molar-refractivity contribution is 0.290. The van der Waals surface area contributed by atoms with Crippen LogP contribution >= 0.6 is 0 Å². The maximum absolute atomic E-state index is 8.88. The maximum atomic E-state index is 8.88. The molecule has 2 rings (SSSR count). The van der Waals surface area contributed by atoms with Gasteiger partial charge in [-0.05, 0) is 37.3 Å². The van der Waals surface area contributed by atoms with Gasteiger partial charge in [-0.15, -0.1) is 0 Å². The second kappa shape index (κ2) is 5.35. The number of pyridine rings is 1. The molecule has 0 spiro atoms. The maximum Gasteiger partial charge on any atom is 0.139 e. The Labute approximate surface area is 107 Å². The van der Waals surface area contributed by atoms with E-state index >= 15 is 0 Å². The second-order valence-corrected chi connectivity index (χ2v) is 4.73. The van der Waals surface area contributed by atoms with Gasteiger partial charge in [0, 0.05) is 25.9 Å². The van der Waals surface area contributed by atoms with Gasteiger partial charge >= 0.3 is 0 Å². The molecular weight excluding hydrogens is 228 g/mol. The first kappa shape index (κ1) is 12.8. The van der Waals surface area contributed by atoms with Crippen molar-refractivity contribution >= 4 is 11.7 Å². The SMILES string of the molecule is CN(CCCO)c1nc2c(cc1C(=N)N)CCC2. The van der Waals surface area contributed by atoms with E-state index in [1.54, 1.807) is 0 Å². The van der Waals surface area contributed by atoms with E-state index in [4.69, 9.17) is 16.2 Å². The van der Waals surface area contributed by atoms with Crippen molar-refractivity contribution in [2.24, 2.45) is 5.73 Å². The number of aromatic nitrogens is 1. The Hall–Kier alpha value is -1.62.